The van der Waals surface area contributed by atoms with Crippen molar-refractivity contribution in [3.05, 3.63) is 120 Å². The fourth-order valence-electron chi connectivity index (χ4n) is 5.48. The molecule has 6 aromatic rings. The Labute approximate surface area is 305 Å². The minimum absolute atomic E-state index is 0.00725. The first kappa shape index (κ1) is 36.9. The molecule has 0 spiro atoms. The van der Waals surface area contributed by atoms with Crippen molar-refractivity contribution in [1.29, 1.82) is 0 Å². The third-order valence-corrected chi connectivity index (χ3v) is 9.78. The fraction of sp³-hybridized carbons (Fsp3) is 0. The number of rotatable bonds is 8. The van der Waals surface area contributed by atoms with Gasteiger partial charge < -0.3 is 31.5 Å². The third kappa shape index (κ3) is 7.66. The van der Waals surface area contributed by atoms with Gasteiger partial charge in [0.15, 0.2) is 0 Å². The quantitative estimate of drug-likeness (QED) is 0.0579. The van der Waals surface area contributed by atoms with Gasteiger partial charge in [-0.15, -0.1) is 0 Å². The Morgan fingerprint density at radius 3 is 1.07 bits per heavy atom. The molecule has 0 heterocycles. The summed E-state index contributed by atoms with van der Waals surface area (Å²) >= 11 is 0. The number of phenolic OH excluding ortho intramolecular Hbond substituents is 2. The second-order valence-electron chi connectivity index (χ2n) is 11.6. The summed E-state index contributed by atoms with van der Waals surface area (Å²) in [5.41, 5.74) is -0.302. The van der Waals surface area contributed by atoms with Crippen LogP contribution in [-0.4, -0.2) is 59.8 Å². The number of nitrogens with one attached hydrogen (secondary N) is 4. The van der Waals surface area contributed by atoms with Crippen LogP contribution in [0.5, 0.6) is 11.5 Å². The van der Waals surface area contributed by atoms with Crippen molar-refractivity contribution in [2.45, 2.75) is 9.79 Å². The Hall–Kier alpha value is -6.86. The second-order valence-corrected chi connectivity index (χ2v) is 14.3. The molecule has 0 aliphatic heterocycles. The Morgan fingerprint density at radius 1 is 0.444 bits per heavy atom. The van der Waals surface area contributed by atoms with E-state index in [0.29, 0.717) is 0 Å². The molecule has 0 aromatic heterocycles. The number of amides is 4. The molecule has 0 saturated carbocycles. The lowest BCUT2D eigenvalue weighted by molar-refractivity contribution is -0.132. The molecule has 0 aliphatic carbocycles. The Morgan fingerprint density at radius 2 is 0.759 bits per heavy atom. The first-order valence-corrected chi connectivity index (χ1v) is 18.3. The highest BCUT2D eigenvalue weighted by Gasteiger charge is 2.24. The summed E-state index contributed by atoms with van der Waals surface area (Å²) in [6.07, 6.45) is 0. The molecule has 0 fully saturated rings. The SMILES string of the molecule is O=C(Nc1ccc(C(=O)Nc2c(S(=O)(=O)O)cc(O)c3ccccc23)cc1)C(=O)Nc1ccc(C(=O)Nc2c(S(=O)(=O)O)cc(O)c3ccccc23)cc1. The molecule has 16 nitrogen and oxygen atoms in total. The first-order chi connectivity index (χ1) is 25.5. The predicted octanol–water partition coefficient (Wildman–Crippen LogP) is 4.98. The lowest BCUT2D eigenvalue weighted by atomic mass is 10.1. The van der Waals surface area contributed by atoms with Crippen LogP contribution in [-0.2, 0) is 29.8 Å². The molecule has 0 atom stereocenters. The van der Waals surface area contributed by atoms with E-state index < -0.39 is 65.2 Å². The van der Waals surface area contributed by atoms with Crippen molar-refractivity contribution in [3.63, 3.8) is 0 Å². The topological polar surface area (TPSA) is 266 Å². The zero-order chi connectivity index (χ0) is 38.9. The molecule has 6 rings (SSSR count). The van der Waals surface area contributed by atoms with E-state index in [1.54, 1.807) is 24.3 Å². The van der Waals surface area contributed by atoms with Crippen LogP contribution in [0.4, 0.5) is 22.7 Å². The van der Waals surface area contributed by atoms with Crippen LogP contribution < -0.4 is 21.3 Å². The standard InChI is InChI=1S/C36H26N4O12S2/c41-27-17-29(53(47,48)49)31(25-7-3-1-5-23(25)27)39-33(43)19-9-13-21(14-10-19)37-35(45)36(46)38-22-15-11-20(12-16-22)34(44)40-32-26-8-4-2-6-24(26)28(42)18-30(32)54(50,51)52/h1-18,41-42H,(H,37,45)(H,38,46)(H,39,43)(H,40,44)(H,47,48,49)(H,50,51,52). The van der Waals surface area contributed by atoms with E-state index >= 15 is 0 Å². The van der Waals surface area contributed by atoms with Gasteiger partial charge in [-0.2, -0.15) is 16.8 Å². The van der Waals surface area contributed by atoms with Gasteiger partial charge in [0.05, 0.1) is 11.4 Å². The van der Waals surface area contributed by atoms with Gasteiger partial charge in [-0.05, 0) is 48.5 Å². The van der Waals surface area contributed by atoms with Crippen LogP contribution in [0.3, 0.4) is 0 Å². The number of benzene rings is 6. The molecule has 6 aromatic carbocycles. The van der Waals surface area contributed by atoms with Crippen molar-refractivity contribution >= 4 is 88.2 Å². The van der Waals surface area contributed by atoms with Gasteiger partial charge in [0, 0.05) is 56.2 Å². The van der Waals surface area contributed by atoms with Crippen molar-refractivity contribution in [2.75, 3.05) is 21.3 Å². The Bertz CT molecular complexity index is 2560. The van der Waals surface area contributed by atoms with Crippen LogP contribution in [0.1, 0.15) is 20.7 Å². The van der Waals surface area contributed by atoms with E-state index in [1.807, 2.05) is 0 Å². The zero-order valence-electron chi connectivity index (χ0n) is 27.3. The van der Waals surface area contributed by atoms with E-state index in [4.69, 9.17) is 0 Å². The maximum Gasteiger partial charge on any atom is 0.314 e. The molecule has 54 heavy (non-hydrogen) atoms. The molecule has 274 valence electrons. The minimum atomic E-state index is -4.87. The summed E-state index contributed by atoms with van der Waals surface area (Å²) in [6, 6.07) is 24.1. The van der Waals surface area contributed by atoms with E-state index in [2.05, 4.69) is 21.3 Å². The monoisotopic (exact) mass is 770 g/mol. The summed E-state index contributed by atoms with van der Waals surface area (Å²) in [4.78, 5) is 50.0. The molecular formula is C36H26N4O12S2. The summed E-state index contributed by atoms with van der Waals surface area (Å²) in [5, 5.41) is 30.8. The van der Waals surface area contributed by atoms with E-state index in [-0.39, 0.29) is 55.4 Å². The smallest absolute Gasteiger partial charge is 0.314 e. The summed E-state index contributed by atoms with van der Waals surface area (Å²) in [7, 11) is -9.74. The number of aromatic hydroxyl groups is 2. The van der Waals surface area contributed by atoms with Crippen molar-refractivity contribution < 1.29 is 55.3 Å². The van der Waals surface area contributed by atoms with Gasteiger partial charge in [-0.25, -0.2) is 0 Å². The number of anilines is 4. The van der Waals surface area contributed by atoms with Crippen LogP contribution in [0.15, 0.2) is 119 Å². The molecule has 0 radical (unpaired) electrons. The van der Waals surface area contributed by atoms with Crippen LogP contribution >= 0.6 is 0 Å². The maximum absolute atomic E-state index is 13.1. The van der Waals surface area contributed by atoms with Gasteiger partial charge in [-0.1, -0.05) is 48.5 Å². The number of phenols is 2. The number of fused-ring (bicyclic) bond motifs is 2. The Balaban J connectivity index is 1.10. The van der Waals surface area contributed by atoms with Crippen LogP contribution in [0, 0.1) is 0 Å². The summed E-state index contributed by atoms with van der Waals surface area (Å²) < 4.78 is 67.7. The summed E-state index contributed by atoms with van der Waals surface area (Å²) in [6.45, 7) is 0. The number of carbonyl (C=O) groups is 4. The van der Waals surface area contributed by atoms with Gasteiger partial charge in [0.25, 0.3) is 32.1 Å². The summed E-state index contributed by atoms with van der Waals surface area (Å²) in [5.74, 6) is -4.64. The first-order valence-electron chi connectivity index (χ1n) is 15.4. The molecule has 4 amide bonds. The van der Waals surface area contributed by atoms with Crippen molar-refractivity contribution in [1.82, 2.24) is 0 Å². The fourth-order valence-corrected chi connectivity index (χ4v) is 6.84. The Kier molecular flexibility index (Phi) is 9.76. The maximum atomic E-state index is 13.1. The third-order valence-electron chi connectivity index (χ3n) is 8.02. The highest BCUT2D eigenvalue weighted by Crippen LogP contribution is 2.38. The number of hydrogen-bond donors (Lipinski definition) is 8. The van der Waals surface area contributed by atoms with Crippen molar-refractivity contribution in [3.8, 4) is 11.5 Å². The second kappa shape index (κ2) is 14.3. The molecule has 0 aliphatic rings. The lowest BCUT2D eigenvalue weighted by Gasteiger charge is -2.14. The molecule has 8 N–H and O–H groups in total. The van der Waals surface area contributed by atoms with E-state index in [1.165, 1.54) is 72.8 Å². The van der Waals surface area contributed by atoms with Crippen LogP contribution in [0.25, 0.3) is 21.5 Å². The highest BCUT2D eigenvalue weighted by molar-refractivity contribution is 7.86. The normalized spacial score (nSPS) is 11.5. The van der Waals surface area contributed by atoms with Gasteiger partial charge in [0.1, 0.15) is 21.3 Å². The van der Waals surface area contributed by atoms with E-state index in [0.717, 1.165) is 12.1 Å². The average molecular weight is 771 g/mol. The lowest BCUT2D eigenvalue weighted by Crippen LogP contribution is -2.29. The van der Waals surface area contributed by atoms with Crippen molar-refractivity contribution in [2.24, 2.45) is 0 Å². The number of hydrogen-bond acceptors (Lipinski definition) is 10. The molecule has 0 saturated heterocycles. The predicted molar refractivity (Wildman–Crippen MR) is 197 cm³/mol. The zero-order valence-corrected chi connectivity index (χ0v) is 28.9. The average Bonchev–Trinajstić information content (AvgIpc) is 3.13. The molecular weight excluding hydrogens is 745 g/mol. The molecule has 0 unspecified atom stereocenters. The minimum Gasteiger partial charge on any atom is -0.507 e. The van der Waals surface area contributed by atoms with Gasteiger partial charge >= 0.3 is 11.8 Å². The molecule has 0 bridgehead atoms. The van der Waals surface area contributed by atoms with E-state index in [9.17, 15) is 55.3 Å². The van der Waals surface area contributed by atoms with Gasteiger partial charge in [0.2, 0.25) is 0 Å². The highest BCUT2D eigenvalue weighted by atomic mass is 32.2. The van der Waals surface area contributed by atoms with Gasteiger partial charge in [-0.3, -0.25) is 28.3 Å². The number of carbonyl (C=O) groups excluding carboxylic acids is 4. The molecule has 18 heteroatoms. The largest absolute Gasteiger partial charge is 0.507 e. The van der Waals surface area contributed by atoms with Crippen LogP contribution in [0.2, 0.25) is 0 Å².